The third-order valence-electron chi connectivity index (χ3n) is 2.40. The van der Waals surface area contributed by atoms with Gasteiger partial charge in [0.2, 0.25) is 5.66 Å². The SMILES string of the molecule is O=C1NC(c2ccccc2)(C(F)(F)F)NC(=O)O1. The standard InChI is InChI=1S/C10H7F3N2O3/c11-10(12,13)9(6-4-2-1-3-5-6)14-7(16)18-8(17)15-9/h1-5H,(H,14,16)(H,15,17). The summed E-state index contributed by atoms with van der Waals surface area (Å²) in [6.45, 7) is 0. The normalized spacial score (nSPS) is 18.6. The first kappa shape index (κ1) is 12.2. The number of halogens is 3. The maximum atomic E-state index is 13.1. The summed E-state index contributed by atoms with van der Waals surface area (Å²) >= 11 is 0. The van der Waals surface area contributed by atoms with Crippen LogP contribution in [0.5, 0.6) is 0 Å². The van der Waals surface area contributed by atoms with Gasteiger partial charge in [-0.25, -0.2) is 9.59 Å². The molecule has 96 valence electrons. The number of ether oxygens (including phenoxy) is 1. The molecular weight excluding hydrogens is 253 g/mol. The quantitative estimate of drug-likeness (QED) is 0.757. The van der Waals surface area contributed by atoms with Crippen LogP contribution in [-0.4, -0.2) is 18.4 Å². The van der Waals surface area contributed by atoms with Gasteiger partial charge in [-0.1, -0.05) is 30.3 Å². The van der Waals surface area contributed by atoms with Crippen molar-refractivity contribution in [2.75, 3.05) is 0 Å². The first-order chi connectivity index (χ1) is 8.35. The number of cyclic esters (lactones) is 2. The van der Waals surface area contributed by atoms with Crippen LogP contribution in [0.15, 0.2) is 30.3 Å². The molecule has 2 amide bonds. The number of carbonyl (C=O) groups excluding carboxylic acids is 2. The van der Waals surface area contributed by atoms with Gasteiger partial charge < -0.3 is 4.74 Å². The number of alkyl halides is 3. The summed E-state index contributed by atoms with van der Waals surface area (Å²) < 4.78 is 43.4. The highest BCUT2D eigenvalue weighted by Gasteiger charge is 2.61. The monoisotopic (exact) mass is 260 g/mol. The van der Waals surface area contributed by atoms with Gasteiger partial charge >= 0.3 is 18.4 Å². The number of rotatable bonds is 1. The van der Waals surface area contributed by atoms with E-state index in [-0.39, 0.29) is 5.56 Å². The van der Waals surface area contributed by atoms with Crippen LogP contribution in [0.2, 0.25) is 0 Å². The number of benzene rings is 1. The van der Waals surface area contributed by atoms with Gasteiger partial charge in [0, 0.05) is 5.56 Å². The Hall–Kier alpha value is -2.25. The Balaban J connectivity index is 2.55. The molecule has 0 aliphatic carbocycles. The topological polar surface area (TPSA) is 67.4 Å². The van der Waals surface area contributed by atoms with E-state index in [9.17, 15) is 22.8 Å². The Bertz CT molecular complexity index is 471. The summed E-state index contributed by atoms with van der Waals surface area (Å²) in [5.41, 5.74) is -3.29. The zero-order valence-electron chi connectivity index (χ0n) is 8.75. The highest BCUT2D eigenvalue weighted by molar-refractivity contribution is 5.87. The summed E-state index contributed by atoms with van der Waals surface area (Å²) in [6.07, 6.45) is -7.83. The van der Waals surface area contributed by atoms with Gasteiger partial charge in [-0.05, 0) is 0 Å². The number of amides is 2. The molecule has 1 saturated heterocycles. The second-order valence-electron chi connectivity index (χ2n) is 3.54. The fraction of sp³-hybridized carbons (Fsp3) is 0.200. The molecule has 0 aromatic heterocycles. The van der Waals surface area contributed by atoms with Crippen LogP contribution in [0.3, 0.4) is 0 Å². The molecule has 1 aromatic rings. The molecule has 1 aromatic carbocycles. The lowest BCUT2D eigenvalue weighted by atomic mass is 9.98. The Kier molecular flexibility index (Phi) is 2.64. The van der Waals surface area contributed by atoms with Crippen LogP contribution >= 0.6 is 0 Å². The summed E-state index contributed by atoms with van der Waals surface area (Å²) in [5.74, 6) is 0. The first-order valence-electron chi connectivity index (χ1n) is 4.79. The molecule has 0 unspecified atom stereocenters. The maximum absolute atomic E-state index is 13.1. The Morgan fingerprint density at radius 1 is 1.00 bits per heavy atom. The summed E-state index contributed by atoms with van der Waals surface area (Å²) in [5, 5.41) is 3.20. The van der Waals surface area contributed by atoms with Gasteiger partial charge in [-0.15, -0.1) is 0 Å². The van der Waals surface area contributed by atoms with Gasteiger partial charge in [0.1, 0.15) is 0 Å². The zero-order chi connectivity index (χ0) is 13.4. The van der Waals surface area contributed by atoms with Crippen molar-refractivity contribution in [3.8, 4) is 0 Å². The molecule has 1 aliphatic rings. The zero-order valence-corrected chi connectivity index (χ0v) is 8.75. The third-order valence-corrected chi connectivity index (χ3v) is 2.40. The van der Waals surface area contributed by atoms with E-state index >= 15 is 0 Å². The van der Waals surface area contributed by atoms with Crippen LogP contribution in [0.1, 0.15) is 5.56 Å². The highest BCUT2D eigenvalue weighted by Crippen LogP contribution is 2.38. The van der Waals surface area contributed by atoms with Crippen molar-refractivity contribution in [2.24, 2.45) is 0 Å². The largest absolute Gasteiger partial charge is 0.435 e. The van der Waals surface area contributed by atoms with Crippen LogP contribution in [0, 0.1) is 0 Å². The van der Waals surface area contributed by atoms with E-state index in [4.69, 9.17) is 0 Å². The van der Waals surface area contributed by atoms with Crippen LogP contribution in [0.25, 0.3) is 0 Å². The summed E-state index contributed by atoms with van der Waals surface area (Å²) in [7, 11) is 0. The minimum atomic E-state index is -4.91. The number of carbonyl (C=O) groups is 2. The van der Waals surface area contributed by atoms with E-state index in [1.165, 1.54) is 18.2 Å². The lowest BCUT2D eigenvalue weighted by Gasteiger charge is -2.38. The molecule has 0 saturated carbocycles. The molecule has 0 spiro atoms. The van der Waals surface area contributed by atoms with Crippen LogP contribution in [0.4, 0.5) is 22.8 Å². The fourth-order valence-electron chi connectivity index (χ4n) is 1.61. The highest BCUT2D eigenvalue weighted by atomic mass is 19.4. The number of nitrogens with one attached hydrogen (secondary N) is 2. The summed E-state index contributed by atoms with van der Waals surface area (Å²) in [4.78, 5) is 22.0. The maximum Gasteiger partial charge on any atom is 0.435 e. The molecule has 18 heavy (non-hydrogen) atoms. The lowest BCUT2D eigenvalue weighted by molar-refractivity contribution is -0.209. The average molecular weight is 260 g/mol. The van der Waals surface area contributed by atoms with Gasteiger partial charge in [0.05, 0.1) is 0 Å². The molecule has 0 bridgehead atoms. The number of alkyl carbamates (subject to hydrolysis) is 2. The van der Waals surface area contributed by atoms with E-state index in [2.05, 4.69) is 4.74 Å². The van der Waals surface area contributed by atoms with Crippen LogP contribution in [-0.2, 0) is 10.4 Å². The van der Waals surface area contributed by atoms with Gasteiger partial charge in [0.15, 0.2) is 0 Å². The van der Waals surface area contributed by atoms with E-state index in [1.807, 2.05) is 0 Å². The molecule has 0 atom stereocenters. The van der Waals surface area contributed by atoms with E-state index in [0.29, 0.717) is 0 Å². The predicted octanol–water partition coefficient (Wildman–Crippen LogP) is 1.85. The van der Waals surface area contributed by atoms with Crippen molar-refractivity contribution in [1.29, 1.82) is 0 Å². The minimum absolute atomic E-state index is 0.317. The third kappa shape index (κ3) is 1.85. The second-order valence-corrected chi connectivity index (χ2v) is 3.54. The van der Waals surface area contributed by atoms with Crippen molar-refractivity contribution >= 4 is 12.2 Å². The van der Waals surface area contributed by atoms with Crippen molar-refractivity contribution in [3.63, 3.8) is 0 Å². The Morgan fingerprint density at radius 2 is 1.50 bits per heavy atom. The molecule has 1 fully saturated rings. The molecule has 2 N–H and O–H groups in total. The van der Waals surface area contributed by atoms with Crippen molar-refractivity contribution in [2.45, 2.75) is 11.8 Å². The molecular formula is C10H7F3N2O3. The molecule has 1 heterocycles. The Morgan fingerprint density at radius 3 is 1.94 bits per heavy atom. The van der Waals surface area contributed by atoms with Crippen molar-refractivity contribution < 1.29 is 27.5 Å². The van der Waals surface area contributed by atoms with Crippen molar-refractivity contribution in [3.05, 3.63) is 35.9 Å². The van der Waals surface area contributed by atoms with Crippen molar-refractivity contribution in [1.82, 2.24) is 10.6 Å². The average Bonchev–Trinajstić information content (AvgIpc) is 2.27. The summed E-state index contributed by atoms with van der Waals surface area (Å²) in [6, 6.07) is 6.50. The Labute approximate surface area is 98.9 Å². The molecule has 2 rings (SSSR count). The fourth-order valence-corrected chi connectivity index (χ4v) is 1.61. The first-order valence-corrected chi connectivity index (χ1v) is 4.79. The second kappa shape index (κ2) is 3.90. The van der Waals surface area contributed by atoms with Gasteiger partial charge in [-0.3, -0.25) is 10.6 Å². The number of hydrogen-bond acceptors (Lipinski definition) is 3. The predicted molar refractivity (Wildman–Crippen MR) is 52.3 cm³/mol. The minimum Gasteiger partial charge on any atom is -0.359 e. The molecule has 5 nitrogen and oxygen atoms in total. The molecule has 1 aliphatic heterocycles. The molecule has 8 heteroatoms. The van der Waals surface area contributed by atoms with Crippen LogP contribution < -0.4 is 10.6 Å². The number of hydrogen-bond donors (Lipinski definition) is 2. The van der Waals surface area contributed by atoms with E-state index in [0.717, 1.165) is 12.1 Å². The van der Waals surface area contributed by atoms with Gasteiger partial charge in [0.25, 0.3) is 0 Å². The van der Waals surface area contributed by atoms with E-state index in [1.54, 1.807) is 10.6 Å². The lowest BCUT2D eigenvalue weighted by Crippen LogP contribution is -2.70. The molecule has 0 radical (unpaired) electrons. The van der Waals surface area contributed by atoms with E-state index < -0.39 is 24.0 Å². The smallest absolute Gasteiger partial charge is 0.359 e. The van der Waals surface area contributed by atoms with Gasteiger partial charge in [-0.2, -0.15) is 13.2 Å².